The summed E-state index contributed by atoms with van der Waals surface area (Å²) >= 11 is 0. The maximum Gasteiger partial charge on any atom is 0.408 e. The summed E-state index contributed by atoms with van der Waals surface area (Å²) in [6.07, 6.45) is 4.49. The van der Waals surface area contributed by atoms with Crippen molar-refractivity contribution in [3.8, 4) is 23.8 Å². The quantitative estimate of drug-likeness (QED) is 0.696. The first-order valence-corrected chi connectivity index (χ1v) is 7.80. The van der Waals surface area contributed by atoms with Crippen molar-refractivity contribution in [3.63, 3.8) is 0 Å². The average molecular weight is 348 g/mol. The smallest absolute Gasteiger partial charge is 0.408 e. The molecule has 0 aliphatic heterocycles. The monoisotopic (exact) mass is 348 g/mol. The number of hydrogen-bond acceptors (Lipinski definition) is 5. The number of hydrogen-bond donors (Lipinski definition) is 2. The van der Waals surface area contributed by atoms with Crippen molar-refractivity contribution in [1.82, 2.24) is 10.6 Å². The van der Waals surface area contributed by atoms with Crippen molar-refractivity contribution in [2.75, 3.05) is 20.8 Å². The largest absolute Gasteiger partial charge is 0.493 e. The van der Waals surface area contributed by atoms with Crippen LogP contribution in [0.3, 0.4) is 0 Å². The molecule has 0 saturated carbocycles. The highest BCUT2D eigenvalue weighted by Crippen LogP contribution is 2.28. The molecule has 1 aromatic carbocycles. The SMILES string of the molecule is C#CCNC(=O)[C@H](C)NC(=O)OC(C)Cc1ccc(OC)c(OC)c1. The molecule has 0 fully saturated rings. The van der Waals surface area contributed by atoms with Crippen LogP contribution in [0.25, 0.3) is 0 Å². The molecule has 1 aromatic rings. The minimum Gasteiger partial charge on any atom is -0.493 e. The molecule has 0 aliphatic carbocycles. The van der Waals surface area contributed by atoms with Gasteiger partial charge in [0.2, 0.25) is 5.91 Å². The fraction of sp³-hybridized carbons (Fsp3) is 0.444. The third kappa shape index (κ3) is 6.63. The topological polar surface area (TPSA) is 85.9 Å². The van der Waals surface area contributed by atoms with Crippen molar-refractivity contribution in [2.24, 2.45) is 0 Å². The molecule has 7 nitrogen and oxygen atoms in total. The van der Waals surface area contributed by atoms with E-state index in [2.05, 4.69) is 16.6 Å². The Morgan fingerprint density at radius 1 is 1.20 bits per heavy atom. The van der Waals surface area contributed by atoms with Gasteiger partial charge in [-0.1, -0.05) is 12.0 Å². The number of ether oxygens (including phenoxy) is 3. The Kier molecular flexibility index (Phi) is 8.13. The van der Waals surface area contributed by atoms with Gasteiger partial charge in [-0.15, -0.1) is 6.42 Å². The van der Waals surface area contributed by atoms with Crippen LogP contribution in [0.4, 0.5) is 4.79 Å². The second-order valence-corrected chi connectivity index (χ2v) is 5.40. The molecule has 1 unspecified atom stereocenters. The van der Waals surface area contributed by atoms with E-state index in [1.165, 1.54) is 0 Å². The van der Waals surface area contributed by atoms with Crippen molar-refractivity contribution in [3.05, 3.63) is 23.8 Å². The van der Waals surface area contributed by atoms with Crippen molar-refractivity contribution < 1.29 is 23.8 Å². The van der Waals surface area contributed by atoms with Gasteiger partial charge >= 0.3 is 6.09 Å². The van der Waals surface area contributed by atoms with Gasteiger partial charge in [0.05, 0.1) is 20.8 Å². The number of alkyl carbamates (subject to hydrolysis) is 1. The van der Waals surface area contributed by atoms with E-state index in [1.807, 2.05) is 12.1 Å². The van der Waals surface area contributed by atoms with Gasteiger partial charge in [0.25, 0.3) is 0 Å². The van der Waals surface area contributed by atoms with Gasteiger partial charge in [-0.05, 0) is 31.5 Å². The summed E-state index contributed by atoms with van der Waals surface area (Å²) < 4.78 is 15.7. The van der Waals surface area contributed by atoms with Crippen LogP contribution < -0.4 is 20.1 Å². The summed E-state index contributed by atoms with van der Waals surface area (Å²) in [6.45, 7) is 3.42. The number of amides is 2. The molecule has 25 heavy (non-hydrogen) atoms. The van der Waals surface area contributed by atoms with Crippen molar-refractivity contribution >= 4 is 12.0 Å². The minimum atomic E-state index is -0.742. The van der Waals surface area contributed by atoms with Crippen LogP contribution in [-0.2, 0) is 16.0 Å². The molecular formula is C18H24N2O5. The van der Waals surface area contributed by atoms with Crippen molar-refractivity contribution in [2.45, 2.75) is 32.4 Å². The first kappa shape index (κ1) is 20.2. The van der Waals surface area contributed by atoms with Crippen LogP contribution in [0.1, 0.15) is 19.4 Å². The van der Waals surface area contributed by atoms with E-state index < -0.39 is 12.1 Å². The minimum absolute atomic E-state index is 0.107. The second kappa shape index (κ2) is 10.1. The summed E-state index contributed by atoms with van der Waals surface area (Å²) in [5.41, 5.74) is 0.928. The van der Waals surface area contributed by atoms with Gasteiger partial charge in [0.15, 0.2) is 11.5 Å². The standard InChI is InChI=1S/C18H24N2O5/c1-6-9-19-17(21)13(3)20-18(22)25-12(2)10-14-7-8-15(23-4)16(11-14)24-5/h1,7-8,11-13H,9-10H2,2-5H3,(H,19,21)(H,20,22)/t12?,13-/m0/s1. The number of carbonyl (C=O) groups is 2. The summed E-state index contributed by atoms with van der Waals surface area (Å²) in [7, 11) is 3.12. The fourth-order valence-corrected chi connectivity index (χ4v) is 2.13. The highest BCUT2D eigenvalue weighted by Gasteiger charge is 2.18. The lowest BCUT2D eigenvalue weighted by Gasteiger charge is -2.17. The van der Waals surface area contributed by atoms with Crippen LogP contribution in [0.5, 0.6) is 11.5 Å². The molecule has 2 atom stereocenters. The zero-order valence-corrected chi connectivity index (χ0v) is 14.9. The lowest BCUT2D eigenvalue weighted by molar-refractivity contribution is -0.122. The fourth-order valence-electron chi connectivity index (χ4n) is 2.13. The van der Waals surface area contributed by atoms with Crippen molar-refractivity contribution in [1.29, 1.82) is 0 Å². The van der Waals surface area contributed by atoms with E-state index in [-0.39, 0.29) is 18.6 Å². The van der Waals surface area contributed by atoms with Gasteiger partial charge < -0.3 is 24.8 Å². The van der Waals surface area contributed by atoms with Crippen LogP contribution >= 0.6 is 0 Å². The molecule has 0 heterocycles. The van der Waals surface area contributed by atoms with E-state index in [9.17, 15) is 9.59 Å². The maximum atomic E-state index is 11.9. The van der Waals surface area contributed by atoms with Crippen LogP contribution in [0.15, 0.2) is 18.2 Å². The van der Waals surface area contributed by atoms with Gasteiger partial charge in [-0.25, -0.2) is 4.79 Å². The van der Waals surface area contributed by atoms with E-state index in [4.69, 9.17) is 20.6 Å². The maximum absolute atomic E-state index is 11.9. The third-order valence-corrected chi connectivity index (χ3v) is 3.37. The Morgan fingerprint density at radius 3 is 2.48 bits per heavy atom. The molecule has 0 radical (unpaired) electrons. The number of carbonyl (C=O) groups excluding carboxylic acids is 2. The molecule has 0 bridgehead atoms. The Balaban J connectivity index is 2.53. The Bertz CT molecular complexity index is 639. The number of methoxy groups -OCH3 is 2. The molecule has 0 spiro atoms. The van der Waals surface area contributed by atoms with Gasteiger partial charge in [0.1, 0.15) is 12.1 Å². The van der Waals surface area contributed by atoms with E-state index in [1.54, 1.807) is 34.1 Å². The number of benzene rings is 1. The Hall–Kier alpha value is -2.88. The summed E-state index contributed by atoms with van der Waals surface area (Å²) in [6, 6.07) is 4.74. The summed E-state index contributed by atoms with van der Waals surface area (Å²) in [4.78, 5) is 23.5. The molecule has 0 aromatic heterocycles. The molecule has 2 amide bonds. The van der Waals surface area contributed by atoms with Crippen LogP contribution in [0, 0.1) is 12.3 Å². The molecule has 1 rings (SSSR count). The first-order chi connectivity index (χ1) is 11.9. The number of nitrogens with one attached hydrogen (secondary N) is 2. The van der Waals surface area contributed by atoms with E-state index in [0.717, 1.165) is 5.56 Å². The van der Waals surface area contributed by atoms with E-state index >= 15 is 0 Å². The first-order valence-electron chi connectivity index (χ1n) is 7.80. The average Bonchev–Trinajstić information content (AvgIpc) is 2.58. The lowest BCUT2D eigenvalue weighted by Crippen LogP contribution is -2.45. The summed E-state index contributed by atoms with van der Waals surface area (Å²) in [5.74, 6) is 3.15. The third-order valence-electron chi connectivity index (χ3n) is 3.37. The highest BCUT2D eigenvalue weighted by molar-refractivity contribution is 5.85. The molecule has 136 valence electrons. The van der Waals surface area contributed by atoms with E-state index in [0.29, 0.717) is 17.9 Å². The lowest BCUT2D eigenvalue weighted by atomic mass is 10.1. The zero-order valence-electron chi connectivity index (χ0n) is 14.9. The molecule has 2 N–H and O–H groups in total. The van der Waals surface area contributed by atoms with Gasteiger partial charge in [-0.2, -0.15) is 0 Å². The predicted molar refractivity (Wildman–Crippen MR) is 93.6 cm³/mol. The summed E-state index contributed by atoms with van der Waals surface area (Å²) in [5, 5.41) is 4.94. The Morgan fingerprint density at radius 2 is 1.88 bits per heavy atom. The van der Waals surface area contributed by atoms with Gasteiger partial charge in [-0.3, -0.25) is 4.79 Å². The molecule has 0 saturated heterocycles. The van der Waals surface area contributed by atoms with Crippen LogP contribution in [-0.4, -0.2) is 44.9 Å². The molecule has 0 aliphatic rings. The predicted octanol–water partition coefficient (Wildman–Crippen LogP) is 1.50. The Labute approximate surface area is 148 Å². The normalized spacial score (nSPS) is 12.3. The molecule has 7 heteroatoms. The van der Waals surface area contributed by atoms with Crippen LogP contribution in [0.2, 0.25) is 0 Å². The highest BCUT2D eigenvalue weighted by atomic mass is 16.6. The number of rotatable bonds is 8. The second-order valence-electron chi connectivity index (χ2n) is 5.40. The molecular weight excluding hydrogens is 324 g/mol. The number of terminal acetylenes is 1. The van der Waals surface area contributed by atoms with Gasteiger partial charge in [0, 0.05) is 6.42 Å². The zero-order chi connectivity index (χ0) is 18.8.